The number of nitro benzene ring substituents is 2. The van der Waals surface area contributed by atoms with Crippen molar-refractivity contribution in [1.29, 1.82) is 0 Å². The van der Waals surface area contributed by atoms with Crippen molar-refractivity contribution in [2.45, 2.75) is 12.0 Å². The topological polar surface area (TPSA) is 89.5 Å². The zero-order valence-electron chi connectivity index (χ0n) is 16.8. The molecule has 7 nitrogen and oxygen atoms in total. The molecule has 1 heterocycles. The second-order valence-corrected chi connectivity index (χ2v) is 8.28. The molecule has 3 aromatic rings. The van der Waals surface area contributed by atoms with E-state index >= 15 is 0 Å². The van der Waals surface area contributed by atoms with Gasteiger partial charge in [0.05, 0.1) is 21.0 Å². The summed E-state index contributed by atoms with van der Waals surface area (Å²) in [6, 6.07) is 19.3. The quantitative estimate of drug-likeness (QED) is 0.319. The summed E-state index contributed by atoms with van der Waals surface area (Å²) >= 11 is 2.73. The number of rotatable bonds is 4. The molecule has 0 amide bonds. The molecule has 0 fully saturated rings. The van der Waals surface area contributed by atoms with Gasteiger partial charge in [0.15, 0.2) is 0 Å². The Morgan fingerprint density at radius 1 is 0.844 bits per heavy atom. The minimum atomic E-state index is -0.370. The number of hydrogen-bond donors (Lipinski definition) is 0. The Morgan fingerprint density at radius 2 is 1.47 bits per heavy atom. The summed E-state index contributed by atoms with van der Waals surface area (Å²) in [4.78, 5) is 22.2. The normalized spacial score (nSPS) is 18.6. The highest BCUT2D eigenvalue weighted by Gasteiger charge is 2.35. The number of nitrogens with zero attached hydrogens (tertiary/aromatic N) is 3. The fraction of sp³-hybridized carbons (Fsp3) is 0.0833. The van der Waals surface area contributed by atoms with Crippen molar-refractivity contribution < 1.29 is 9.85 Å². The molecule has 2 radical (unpaired) electrons. The van der Waals surface area contributed by atoms with Gasteiger partial charge < -0.3 is 3.88 Å². The molecular formula is C24H16AlN3O4. The van der Waals surface area contributed by atoms with Gasteiger partial charge in [0, 0.05) is 29.8 Å². The van der Waals surface area contributed by atoms with Gasteiger partial charge in [-0.25, -0.2) is 0 Å². The van der Waals surface area contributed by atoms with Crippen LogP contribution in [0.2, 0.25) is 0 Å². The average molecular weight is 437 g/mol. The first-order valence-electron chi connectivity index (χ1n) is 10.0. The molecule has 2 atom stereocenters. The van der Waals surface area contributed by atoms with E-state index in [1.165, 1.54) is 12.1 Å². The molecule has 154 valence electrons. The first-order chi connectivity index (χ1) is 15.5. The van der Waals surface area contributed by atoms with E-state index in [2.05, 4.69) is 26.5 Å². The largest absolute Gasteiger partial charge is 0.473 e. The Hall–Kier alpha value is -3.73. The summed E-state index contributed by atoms with van der Waals surface area (Å²) in [7, 11) is 0. The monoisotopic (exact) mass is 437 g/mol. The lowest BCUT2D eigenvalue weighted by Gasteiger charge is -2.28. The Labute approximate surface area is 192 Å². The highest BCUT2D eigenvalue weighted by atomic mass is 27.1. The summed E-state index contributed by atoms with van der Waals surface area (Å²) < 4.78 is 2.05. The van der Waals surface area contributed by atoms with Gasteiger partial charge in [-0.15, -0.1) is 0 Å². The maximum Gasteiger partial charge on any atom is 0.311 e. The smallest absolute Gasteiger partial charge is 0.311 e. The van der Waals surface area contributed by atoms with E-state index in [0.29, 0.717) is 11.1 Å². The Balaban J connectivity index is 1.55. The molecule has 0 spiro atoms. The SMILES string of the molecule is O=[N+]([O-])c1ccccc1C1=CC2C(C=C1)c1ccc(-c3ccccc3[N+](=O)[O-])cc1[N]2[Al]. The van der Waals surface area contributed by atoms with Crippen LogP contribution in [0.1, 0.15) is 17.0 Å². The van der Waals surface area contributed by atoms with Crippen LogP contribution < -0.4 is 3.88 Å². The number of nitro groups is 2. The summed E-state index contributed by atoms with van der Waals surface area (Å²) in [6.45, 7) is 0. The van der Waals surface area contributed by atoms with Gasteiger partial charge >= 0.3 is 16.5 Å². The van der Waals surface area contributed by atoms with Gasteiger partial charge in [0.2, 0.25) is 0 Å². The van der Waals surface area contributed by atoms with Crippen LogP contribution in [0.3, 0.4) is 0 Å². The van der Waals surface area contributed by atoms with E-state index < -0.39 is 0 Å². The molecule has 0 N–H and O–H groups in total. The van der Waals surface area contributed by atoms with Crippen LogP contribution in [0.4, 0.5) is 17.1 Å². The third kappa shape index (κ3) is 3.21. The Morgan fingerprint density at radius 3 is 2.16 bits per heavy atom. The summed E-state index contributed by atoms with van der Waals surface area (Å²) in [5.41, 5.74) is 4.95. The number of anilines is 1. The fourth-order valence-corrected chi connectivity index (χ4v) is 5.01. The van der Waals surface area contributed by atoms with Gasteiger partial charge in [-0.2, -0.15) is 0 Å². The lowest BCUT2D eigenvalue weighted by atomic mass is 9.86. The average Bonchev–Trinajstić information content (AvgIpc) is 3.10. The molecule has 0 saturated carbocycles. The molecule has 1 aliphatic heterocycles. The second kappa shape index (κ2) is 7.75. The van der Waals surface area contributed by atoms with Crippen LogP contribution in [0.15, 0.2) is 85.0 Å². The first-order valence-corrected chi connectivity index (χ1v) is 10.5. The zero-order chi connectivity index (χ0) is 22.4. The molecule has 1 aliphatic carbocycles. The summed E-state index contributed by atoms with van der Waals surface area (Å²) in [6.07, 6.45) is 6.06. The van der Waals surface area contributed by atoms with E-state index in [4.69, 9.17) is 0 Å². The van der Waals surface area contributed by atoms with Gasteiger partial charge in [-0.1, -0.05) is 54.6 Å². The van der Waals surface area contributed by atoms with Gasteiger partial charge in [-0.05, 0) is 34.9 Å². The van der Waals surface area contributed by atoms with E-state index in [9.17, 15) is 20.2 Å². The summed E-state index contributed by atoms with van der Waals surface area (Å²) in [5.74, 6) is 0.0915. The summed E-state index contributed by atoms with van der Waals surface area (Å²) in [5, 5.41) is 22.9. The fourth-order valence-electron chi connectivity index (χ4n) is 4.52. The van der Waals surface area contributed by atoms with E-state index in [1.807, 2.05) is 30.4 Å². The molecule has 2 unspecified atom stereocenters. The van der Waals surface area contributed by atoms with Crippen LogP contribution in [0.25, 0.3) is 16.7 Å². The lowest BCUT2D eigenvalue weighted by molar-refractivity contribution is -0.385. The van der Waals surface area contributed by atoms with Crippen molar-refractivity contribution in [3.8, 4) is 11.1 Å². The van der Waals surface area contributed by atoms with Gasteiger partial charge in [0.25, 0.3) is 11.4 Å². The van der Waals surface area contributed by atoms with Crippen molar-refractivity contribution in [3.63, 3.8) is 0 Å². The van der Waals surface area contributed by atoms with Gasteiger partial charge in [-0.3, -0.25) is 20.2 Å². The Bertz CT molecular complexity index is 1330. The molecule has 8 heteroatoms. The molecule has 2 aliphatic rings. The van der Waals surface area contributed by atoms with Crippen LogP contribution in [0.5, 0.6) is 0 Å². The number of hydrogen-bond acceptors (Lipinski definition) is 5. The van der Waals surface area contributed by atoms with E-state index in [1.54, 1.807) is 36.4 Å². The number of fused-ring (bicyclic) bond motifs is 3. The Kier molecular flexibility index (Phi) is 4.89. The van der Waals surface area contributed by atoms with Crippen molar-refractivity contribution >= 4 is 39.1 Å². The van der Waals surface area contributed by atoms with E-state index in [0.717, 1.165) is 22.4 Å². The second-order valence-electron chi connectivity index (χ2n) is 7.73. The number of allylic oxidation sites excluding steroid dienone is 2. The lowest BCUT2D eigenvalue weighted by Crippen LogP contribution is -2.30. The molecular weight excluding hydrogens is 421 g/mol. The molecule has 5 rings (SSSR count). The highest BCUT2D eigenvalue weighted by molar-refractivity contribution is 6.20. The minimum absolute atomic E-state index is 0.0316. The van der Waals surface area contributed by atoms with Crippen molar-refractivity contribution in [1.82, 2.24) is 0 Å². The van der Waals surface area contributed by atoms with Crippen LogP contribution in [0, 0.1) is 20.2 Å². The van der Waals surface area contributed by atoms with Crippen LogP contribution in [-0.2, 0) is 0 Å². The predicted octanol–water partition coefficient (Wildman–Crippen LogP) is 5.18. The minimum Gasteiger partial charge on any atom is -0.473 e. The van der Waals surface area contributed by atoms with Gasteiger partial charge in [0.1, 0.15) is 0 Å². The molecule has 0 bridgehead atoms. The third-order valence-electron chi connectivity index (χ3n) is 6.01. The molecule has 3 aromatic carbocycles. The number of para-hydroxylation sites is 2. The maximum absolute atomic E-state index is 11.5. The van der Waals surface area contributed by atoms with Crippen molar-refractivity contribution in [3.05, 3.63) is 116 Å². The molecule has 32 heavy (non-hydrogen) atoms. The van der Waals surface area contributed by atoms with Crippen LogP contribution in [-0.4, -0.2) is 32.4 Å². The first kappa shape index (κ1) is 20.2. The van der Waals surface area contributed by atoms with Crippen molar-refractivity contribution in [2.75, 3.05) is 3.88 Å². The molecule has 0 aromatic heterocycles. The molecule has 0 saturated heterocycles. The van der Waals surface area contributed by atoms with E-state index in [-0.39, 0.29) is 33.2 Å². The van der Waals surface area contributed by atoms with Crippen LogP contribution >= 0.6 is 0 Å². The maximum atomic E-state index is 11.5. The zero-order valence-corrected chi connectivity index (χ0v) is 17.9. The third-order valence-corrected chi connectivity index (χ3v) is 6.64. The predicted molar refractivity (Wildman–Crippen MR) is 124 cm³/mol. The van der Waals surface area contributed by atoms with Crippen molar-refractivity contribution in [2.24, 2.45) is 0 Å². The highest BCUT2D eigenvalue weighted by Crippen LogP contribution is 2.47. The number of benzene rings is 3. The standard InChI is InChI=1S/C24H16N3O4.Al/c28-26(29)23-7-3-1-5-17(23)15-9-11-19-20-12-10-16(14-22(20)25-21(19)13-15)18-6-2-4-8-24(18)27(30)31;/h1-14,19,21H;/q-1;+1.